The number of hydrogen-bond acceptors (Lipinski definition) is 5. The fraction of sp³-hybridized carbons (Fsp3) is 0.348. The van der Waals surface area contributed by atoms with E-state index in [0.29, 0.717) is 50.3 Å². The van der Waals surface area contributed by atoms with E-state index in [9.17, 15) is 17.9 Å². The van der Waals surface area contributed by atoms with E-state index < -0.39 is 16.4 Å². The predicted molar refractivity (Wildman–Crippen MR) is 125 cm³/mol. The molecule has 5 rings (SSSR count). The van der Waals surface area contributed by atoms with Crippen LogP contribution < -0.4 is 5.32 Å². The van der Waals surface area contributed by atoms with Gasteiger partial charge in [0.25, 0.3) is 0 Å². The van der Waals surface area contributed by atoms with Crippen molar-refractivity contribution in [1.82, 2.24) is 19.1 Å². The molecule has 2 aliphatic heterocycles. The summed E-state index contributed by atoms with van der Waals surface area (Å²) in [5, 5.41) is 11.7. The van der Waals surface area contributed by atoms with Gasteiger partial charge in [0.2, 0.25) is 5.91 Å². The molecule has 1 fully saturated rings. The second kappa shape index (κ2) is 9.18. The van der Waals surface area contributed by atoms with Gasteiger partial charge in [-0.1, -0.05) is 27.9 Å². The van der Waals surface area contributed by atoms with Gasteiger partial charge in [-0.3, -0.25) is 4.79 Å². The van der Waals surface area contributed by atoms with Crippen LogP contribution in [0, 0.1) is 5.82 Å². The summed E-state index contributed by atoms with van der Waals surface area (Å²) in [6, 6.07) is 11.6. The SMILES string of the molecule is O=C(Nc1ccc(F)cc1)C1CCc2nnc(C3CCN([S+](=O)([O-])c4ccccc4Cl)CC3)n21. The zero-order valence-electron chi connectivity index (χ0n) is 18.2. The number of halogens is 2. The Morgan fingerprint density at radius 1 is 1.09 bits per heavy atom. The average Bonchev–Trinajstić information content (AvgIpc) is 3.43. The molecule has 1 aromatic heterocycles. The van der Waals surface area contributed by atoms with E-state index in [2.05, 4.69) is 15.5 Å². The maximum Gasteiger partial charge on any atom is 0.247 e. The van der Waals surface area contributed by atoms with E-state index in [1.54, 1.807) is 18.2 Å². The molecule has 34 heavy (non-hydrogen) atoms. The van der Waals surface area contributed by atoms with E-state index in [-0.39, 0.29) is 27.6 Å². The highest BCUT2D eigenvalue weighted by Crippen LogP contribution is 2.37. The number of carbonyl (C=O) groups excluding carboxylic acids is 1. The Balaban J connectivity index is 1.30. The summed E-state index contributed by atoms with van der Waals surface area (Å²) >= 11 is 6.13. The molecular formula is C23H23ClFN5O3S. The molecule has 2 aliphatic rings. The monoisotopic (exact) mass is 503 g/mol. The van der Waals surface area contributed by atoms with E-state index in [4.69, 9.17) is 11.6 Å². The number of aromatic nitrogens is 3. The molecular weight excluding hydrogens is 481 g/mol. The lowest BCUT2D eigenvalue weighted by Gasteiger charge is -2.33. The van der Waals surface area contributed by atoms with Crippen LogP contribution in [-0.2, 0) is 25.8 Å². The minimum atomic E-state index is -3.69. The number of rotatable bonds is 5. The van der Waals surface area contributed by atoms with Gasteiger partial charge in [0.1, 0.15) is 23.5 Å². The highest BCUT2D eigenvalue weighted by Gasteiger charge is 2.39. The summed E-state index contributed by atoms with van der Waals surface area (Å²) in [5.74, 6) is 0.871. The molecule has 0 bridgehead atoms. The van der Waals surface area contributed by atoms with Crippen molar-refractivity contribution in [3.05, 3.63) is 71.0 Å². The molecule has 11 heteroatoms. The summed E-state index contributed by atoms with van der Waals surface area (Å²) in [4.78, 5) is 13.1. The second-order valence-corrected chi connectivity index (χ2v) is 10.8. The van der Waals surface area contributed by atoms with Crippen LogP contribution in [0.3, 0.4) is 0 Å². The molecule has 178 valence electrons. The number of anilines is 1. The Bertz CT molecular complexity index is 1260. The van der Waals surface area contributed by atoms with Gasteiger partial charge in [0, 0.05) is 31.1 Å². The molecule has 1 saturated heterocycles. The molecule has 3 heterocycles. The van der Waals surface area contributed by atoms with E-state index >= 15 is 0 Å². The average molecular weight is 504 g/mol. The first-order valence-electron chi connectivity index (χ1n) is 11.1. The van der Waals surface area contributed by atoms with Crippen LogP contribution in [0.5, 0.6) is 0 Å². The number of aryl methyl sites for hydroxylation is 1. The lowest BCUT2D eigenvalue weighted by atomic mass is 9.97. The van der Waals surface area contributed by atoms with E-state index in [1.165, 1.54) is 34.6 Å². The number of fused-ring (bicyclic) bond motifs is 1. The third kappa shape index (κ3) is 4.26. The van der Waals surface area contributed by atoms with Gasteiger partial charge in [0.15, 0.2) is 15.3 Å². The van der Waals surface area contributed by atoms with E-state index in [0.717, 1.165) is 5.82 Å². The highest BCUT2D eigenvalue weighted by atomic mass is 35.5. The molecule has 0 spiro atoms. The van der Waals surface area contributed by atoms with E-state index in [1.807, 2.05) is 4.57 Å². The molecule has 1 N–H and O–H groups in total. The third-order valence-electron chi connectivity index (χ3n) is 6.43. The Morgan fingerprint density at radius 2 is 1.79 bits per heavy atom. The van der Waals surface area contributed by atoms with Crippen molar-refractivity contribution in [1.29, 1.82) is 0 Å². The molecule has 1 amide bonds. The maximum atomic E-state index is 13.2. The smallest absolute Gasteiger partial charge is 0.247 e. The molecule has 3 aromatic rings. The van der Waals surface area contributed by atoms with Crippen LogP contribution in [0.4, 0.5) is 10.1 Å². The minimum Gasteiger partial charge on any atom is -0.593 e. The predicted octanol–water partition coefficient (Wildman–Crippen LogP) is 3.98. The van der Waals surface area contributed by atoms with Crippen LogP contribution in [0.25, 0.3) is 0 Å². The molecule has 0 aliphatic carbocycles. The Kier molecular flexibility index (Phi) is 6.24. The summed E-state index contributed by atoms with van der Waals surface area (Å²) in [5.41, 5.74) is 0.521. The largest absolute Gasteiger partial charge is 0.593 e. The quantitative estimate of drug-likeness (QED) is 0.530. The van der Waals surface area contributed by atoms with Gasteiger partial charge in [-0.05, 0) is 55.7 Å². The zero-order chi connectivity index (χ0) is 23.9. The van der Waals surface area contributed by atoms with Gasteiger partial charge in [-0.25, -0.2) is 4.39 Å². The number of amides is 1. The van der Waals surface area contributed by atoms with Gasteiger partial charge >= 0.3 is 0 Å². The number of sulfonamides is 1. The first-order chi connectivity index (χ1) is 16.3. The summed E-state index contributed by atoms with van der Waals surface area (Å²) in [6.45, 7) is 0.652. The second-order valence-electron chi connectivity index (χ2n) is 8.50. The lowest BCUT2D eigenvalue weighted by molar-refractivity contribution is -0.119. The first-order valence-corrected chi connectivity index (χ1v) is 12.9. The molecule has 0 saturated carbocycles. The van der Waals surface area contributed by atoms with Crippen molar-refractivity contribution in [2.75, 3.05) is 18.4 Å². The lowest BCUT2D eigenvalue weighted by Crippen LogP contribution is -2.42. The van der Waals surface area contributed by atoms with Crippen molar-refractivity contribution >= 4 is 33.6 Å². The van der Waals surface area contributed by atoms with Crippen LogP contribution >= 0.6 is 11.6 Å². The third-order valence-corrected chi connectivity index (χ3v) is 8.83. The molecule has 8 nitrogen and oxygen atoms in total. The maximum absolute atomic E-state index is 13.2. The normalized spacial score (nSPS) is 20.6. The fourth-order valence-corrected chi connectivity index (χ4v) is 6.64. The highest BCUT2D eigenvalue weighted by molar-refractivity contribution is 7.95. The molecule has 2 atom stereocenters. The Labute approximate surface area is 202 Å². The van der Waals surface area contributed by atoms with Crippen molar-refractivity contribution in [3.8, 4) is 0 Å². The van der Waals surface area contributed by atoms with Crippen LogP contribution in [0.15, 0.2) is 53.4 Å². The van der Waals surface area contributed by atoms with Crippen LogP contribution in [0.1, 0.15) is 42.9 Å². The first kappa shape index (κ1) is 23.1. The standard InChI is InChI=1S/C23H23ClFN5O3S/c24-18-3-1-2-4-20(18)34(32,33)29-13-11-15(12-14-29)22-28-27-21-10-9-19(30(21)22)23(31)26-17-7-5-16(25)6-8-17/h1-8,15,19H,9-14H2,(H-,26,31,32,33). The molecule has 2 aromatic carbocycles. The summed E-state index contributed by atoms with van der Waals surface area (Å²) < 4.78 is 42.6. The Morgan fingerprint density at radius 3 is 2.50 bits per heavy atom. The van der Waals surface area contributed by atoms with Gasteiger partial charge in [-0.15, -0.1) is 14.5 Å². The van der Waals surface area contributed by atoms with Gasteiger partial charge < -0.3 is 14.4 Å². The minimum absolute atomic E-state index is 0.0156. The van der Waals surface area contributed by atoms with Gasteiger partial charge in [-0.2, -0.15) is 0 Å². The number of hydrogen-bond donors (Lipinski definition) is 1. The van der Waals surface area contributed by atoms with Gasteiger partial charge in [0.05, 0.1) is 5.02 Å². The number of piperidine rings is 1. The molecule has 2 unspecified atom stereocenters. The van der Waals surface area contributed by atoms with Crippen molar-refractivity contribution in [3.63, 3.8) is 0 Å². The topological polar surface area (TPSA) is 103 Å². The zero-order valence-corrected chi connectivity index (χ0v) is 19.8. The van der Waals surface area contributed by atoms with Crippen molar-refractivity contribution in [2.45, 2.75) is 42.5 Å². The number of nitrogens with zero attached hydrogens (tertiary/aromatic N) is 4. The summed E-state index contributed by atoms with van der Waals surface area (Å²) in [7, 11) is -3.69. The fourth-order valence-electron chi connectivity index (χ4n) is 4.68. The van der Waals surface area contributed by atoms with Crippen LogP contribution in [-0.4, -0.2) is 42.6 Å². The van der Waals surface area contributed by atoms with Crippen LogP contribution in [0.2, 0.25) is 5.02 Å². The Hall–Kier alpha value is -2.66. The number of carbonyl (C=O) groups is 1. The number of benzene rings is 2. The summed E-state index contributed by atoms with van der Waals surface area (Å²) in [6.07, 6.45) is 2.36. The van der Waals surface area contributed by atoms with Crippen molar-refractivity contribution in [2.24, 2.45) is 0 Å². The molecule has 0 radical (unpaired) electrons. The van der Waals surface area contributed by atoms with Crippen molar-refractivity contribution < 1.29 is 17.9 Å². The number of nitrogens with one attached hydrogen (secondary N) is 1.